The highest BCUT2D eigenvalue weighted by Gasteiger charge is 2.20. The second kappa shape index (κ2) is 8.13. The van der Waals surface area contributed by atoms with Gasteiger partial charge in [-0.3, -0.25) is 4.90 Å². The molecule has 1 heterocycles. The van der Waals surface area contributed by atoms with Crippen LogP contribution >= 0.6 is 11.6 Å². The van der Waals surface area contributed by atoms with Gasteiger partial charge in [-0.15, -0.1) is 0 Å². The van der Waals surface area contributed by atoms with Crippen LogP contribution in [0.5, 0.6) is 0 Å². The molecular formula is C20H25ClN2O. The minimum Gasteiger partial charge on any atom is -0.392 e. The molecule has 1 saturated heterocycles. The summed E-state index contributed by atoms with van der Waals surface area (Å²) in [6.45, 7) is 5.63. The fraction of sp³-hybridized carbons (Fsp3) is 0.400. The topological polar surface area (TPSA) is 35.5 Å². The standard InChI is InChI=1S/C20H25ClN2O/c1-15(16-7-4-8-19(21)11-16)22-12-17-5-2-3-6-18(17)13-23-10-9-20(24)14-23/h2-8,11,15,20,22,24H,9-10,12-14H2,1H3/t15-,20+/m1/s1. The van der Waals surface area contributed by atoms with Crippen LogP contribution in [0.2, 0.25) is 5.02 Å². The van der Waals surface area contributed by atoms with E-state index in [-0.39, 0.29) is 12.1 Å². The van der Waals surface area contributed by atoms with Gasteiger partial charge in [-0.25, -0.2) is 0 Å². The molecule has 3 nitrogen and oxygen atoms in total. The molecule has 0 amide bonds. The van der Waals surface area contributed by atoms with Gasteiger partial charge in [-0.1, -0.05) is 48.0 Å². The highest BCUT2D eigenvalue weighted by atomic mass is 35.5. The van der Waals surface area contributed by atoms with E-state index >= 15 is 0 Å². The molecule has 0 saturated carbocycles. The third kappa shape index (κ3) is 4.58. The van der Waals surface area contributed by atoms with Gasteiger partial charge in [0.2, 0.25) is 0 Å². The number of aliphatic hydroxyl groups excluding tert-OH is 1. The quantitative estimate of drug-likeness (QED) is 0.837. The molecule has 3 rings (SSSR count). The molecule has 0 radical (unpaired) electrons. The fourth-order valence-corrected chi connectivity index (χ4v) is 3.44. The van der Waals surface area contributed by atoms with Crippen LogP contribution in [0.3, 0.4) is 0 Å². The summed E-state index contributed by atoms with van der Waals surface area (Å²) in [5.41, 5.74) is 3.84. The van der Waals surface area contributed by atoms with Gasteiger partial charge in [0, 0.05) is 37.2 Å². The summed E-state index contributed by atoms with van der Waals surface area (Å²) in [7, 11) is 0. The smallest absolute Gasteiger partial charge is 0.0679 e. The number of rotatable bonds is 6. The largest absolute Gasteiger partial charge is 0.392 e. The Labute approximate surface area is 149 Å². The molecule has 4 heteroatoms. The van der Waals surface area contributed by atoms with E-state index in [1.807, 2.05) is 18.2 Å². The minimum atomic E-state index is -0.168. The Morgan fingerprint density at radius 1 is 1.21 bits per heavy atom. The second-order valence-electron chi connectivity index (χ2n) is 6.60. The summed E-state index contributed by atoms with van der Waals surface area (Å²) < 4.78 is 0. The molecule has 0 aliphatic carbocycles. The summed E-state index contributed by atoms with van der Waals surface area (Å²) in [5.74, 6) is 0. The predicted octanol–water partition coefficient (Wildman–Crippen LogP) is 3.76. The monoisotopic (exact) mass is 344 g/mol. The molecule has 1 fully saturated rings. The van der Waals surface area contributed by atoms with Crippen molar-refractivity contribution >= 4 is 11.6 Å². The van der Waals surface area contributed by atoms with Gasteiger partial charge in [-0.05, 0) is 42.2 Å². The molecule has 0 bridgehead atoms. The van der Waals surface area contributed by atoms with E-state index < -0.39 is 0 Å². The Balaban J connectivity index is 1.62. The number of hydrogen-bond acceptors (Lipinski definition) is 3. The average Bonchev–Trinajstić information content (AvgIpc) is 2.99. The number of benzene rings is 2. The molecular weight excluding hydrogens is 320 g/mol. The SMILES string of the molecule is C[C@@H](NCc1ccccc1CN1CC[C@H](O)C1)c1cccc(Cl)c1. The zero-order valence-electron chi connectivity index (χ0n) is 14.1. The van der Waals surface area contributed by atoms with Gasteiger partial charge < -0.3 is 10.4 Å². The van der Waals surface area contributed by atoms with Gasteiger partial charge in [0.1, 0.15) is 0 Å². The average molecular weight is 345 g/mol. The number of hydrogen-bond donors (Lipinski definition) is 2. The molecule has 1 aliphatic heterocycles. The molecule has 0 unspecified atom stereocenters. The van der Waals surface area contributed by atoms with Crippen molar-refractivity contribution in [1.29, 1.82) is 0 Å². The molecule has 24 heavy (non-hydrogen) atoms. The Bertz CT molecular complexity index is 676. The van der Waals surface area contributed by atoms with Crippen molar-refractivity contribution in [2.45, 2.75) is 38.6 Å². The van der Waals surface area contributed by atoms with Crippen LogP contribution in [0.1, 0.15) is 36.1 Å². The maximum Gasteiger partial charge on any atom is 0.0679 e. The first-order valence-corrected chi connectivity index (χ1v) is 8.95. The molecule has 2 N–H and O–H groups in total. The lowest BCUT2D eigenvalue weighted by Crippen LogP contribution is -2.24. The van der Waals surface area contributed by atoms with Crippen molar-refractivity contribution in [3.63, 3.8) is 0 Å². The highest BCUT2D eigenvalue weighted by molar-refractivity contribution is 6.30. The number of β-amino-alcohol motifs (C(OH)–C–C–N with tert-alkyl or cyclic N) is 1. The van der Waals surface area contributed by atoms with Crippen molar-refractivity contribution in [1.82, 2.24) is 10.2 Å². The summed E-state index contributed by atoms with van der Waals surface area (Å²) in [6, 6.07) is 16.8. The van der Waals surface area contributed by atoms with Crippen LogP contribution in [0.15, 0.2) is 48.5 Å². The van der Waals surface area contributed by atoms with Crippen LogP contribution in [0, 0.1) is 0 Å². The van der Waals surface area contributed by atoms with E-state index in [1.54, 1.807) is 0 Å². The van der Waals surface area contributed by atoms with Crippen molar-refractivity contribution in [2.24, 2.45) is 0 Å². The summed E-state index contributed by atoms with van der Waals surface area (Å²) >= 11 is 6.08. The first-order valence-electron chi connectivity index (χ1n) is 8.58. The van der Waals surface area contributed by atoms with Crippen LogP contribution in [0.25, 0.3) is 0 Å². The van der Waals surface area contributed by atoms with E-state index in [4.69, 9.17) is 11.6 Å². The van der Waals surface area contributed by atoms with Crippen LogP contribution in [-0.2, 0) is 13.1 Å². The summed E-state index contributed by atoms with van der Waals surface area (Å²) in [5, 5.41) is 14.1. The zero-order chi connectivity index (χ0) is 16.9. The van der Waals surface area contributed by atoms with Gasteiger partial charge in [-0.2, -0.15) is 0 Å². The summed E-state index contributed by atoms with van der Waals surface area (Å²) in [4.78, 5) is 2.32. The predicted molar refractivity (Wildman–Crippen MR) is 99.0 cm³/mol. The Kier molecular flexibility index (Phi) is 5.90. The van der Waals surface area contributed by atoms with E-state index in [0.717, 1.165) is 37.6 Å². The van der Waals surface area contributed by atoms with Crippen LogP contribution in [-0.4, -0.2) is 29.2 Å². The lowest BCUT2D eigenvalue weighted by Gasteiger charge is -2.20. The molecule has 0 aromatic heterocycles. The molecule has 2 aromatic rings. The molecule has 2 atom stereocenters. The number of nitrogens with zero attached hydrogens (tertiary/aromatic N) is 1. The molecule has 0 spiro atoms. The normalized spacial score (nSPS) is 19.5. The second-order valence-corrected chi connectivity index (χ2v) is 7.04. The van der Waals surface area contributed by atoms with Crippen molar-refractivity contribution < 1.29 is 5.11 Å². The molecule has 128 valence electrons. The third-order valence-corrected chi connectivity index (χ3v) is 4.94. The van der Waals surface area contributed by atoms with Gasteiger partial charge in [0.25, 0.3) is 0 Å². The Hall–Kier alpha value is -1.39. The Morgan fingerprint density at radius 2 is 2.00 bits per heavy atom. The van der Waals surface area contributed by atoms with Crippen molar-refractivity contribution in [3.8, 4) is 0 Å². The molecule has 2 aromatic carbocycles. The molecule has 1 aliphatic rings. The lowest BCUT2D eigenvalue weighted by atomic mass is 10.0. The number of halogens is 1. The van der Waals surface area contributed by atoms with Gasteiger partial charge in [0.15, 0.2) is 0 Å². The zero-order valence-corrected chi connectivity index (χ0v) is 14.8. The van der Waals surface area contributed by atoms with Crippen molar-refractivity contribution in [2.75, 3.05) is 13.1 Å². The number of likely N-dealkylation sites (tertiary alicyclic amines) is 1. The highest BCUT2D eigenvalue weighted by Crippen LogP contribution is 2.20. The van der Waals surface area contributed by atoms with Crippen LogP contribution < -0.4 is 5.32 Å². The van der Waals surface area contributed by atoms with E-state index in [0.29, 0.717) is 0 Å². The van der Waals surface area contributed by atoms with Crippen LogP contribution in [0.4, 0.5) is 0 Å². The fourth-order valence-electron chi connectivity index (χ4n) is 3.24. The van der Waals surface area contributed by atoms with E-state index in [2.05, 4.69) is 47.5 Å². The lowest BCUT2D eigenvalue weighted by molar-refractivity contribution is 0.174. The van der Waals surface area contributed by atoms with Gasteiger partial charge >= 0.3 is 0 Å². The number of nitrogens with one attached hydrogen (secondary N) is 1. The first-order chi connectivity index (χ1) is 11.6. The first kappa shape index (κ1) is 17.4. The maximum absolute atomic E-state index is 9.71. The number of aliphatic hydroxyl groups is 1. The summed E-state index contributed by atoms with van der Waals surface area (Å²) in [6.07, 6.45) is 0.713. The Morgan fingerprint density at radius 3 is 2.71 bits per heavy atom. The van der Waals surface area contributed by atoms with Crippen molar-refractivity contribution in [3.05, 3.63) is 70.2 Å². The van der Waals surface area contributed by atoms with Gasteiger partial charge in [0.05, 0.1) is 6.10 Å². The van der Waals surface area contributed by atoms with E-state index in [1.165, 1.54) is 16.7 Å². The maximum atomic E-state index is 9.71. The minimum absolute atomic E-state index is 0.168. The third-order valence-electron chi connectivity index (χ3n) is 4.71. The van der Waals surface area contributed by atoms with E-state index in [9.17, 15) is 5.11 Å².